The van der Waals surface area contributed by atoms with Crippen LogP contribution in [0.1, 0.15) is 17.5 Å². The van der Waals surface area contributed by atoms with Gasteiger partial charge in [0.25, 0.3) is 11.5 Å². The number of anilines is 1. The van der Waals surface area contributed by atoms with E-state index in [1.165, 1.54) is 15.4 Å². The second-order valence-electron chi connectivity index (χ2n) is 6.44. The van der Waals surface area contributed by atoms with E-state index in [0.29, 0.717) is 40.3 Å². The molecule has 2 aromatic heterocycles. The van der Waals surface area contributed by atoms with Crippen molar-refractivity contribution in [2.45, 2.75) is 13.3 Å². The first-order valence-electron chi connectivity index (χ1n) is 9.08. The molecule has 1 fully saturated rings. The maximum absolute atomic E-state index is 13.1. The largest absolute Gasteiger partial charge is 0.395 e. The van der Waals surface area contributed by atoms with Crippen molar-refractivity contribution in [3.63, 3.8) is 0 Å². The maximum atomic E-state index is 13.1. The molecule has 0 aliphatic carbocycles. The number of nitrogens with one attached hydrogen (secondary N) is 1. The number of carbonyl (C=O) groups excluding carboxylic acids is 1. The summed E-state index contributed by atoms with van der Waals surface area (Å²) in [6.45, 7) is 2.98. The predicted octanol–water partition coefficient (Wildman–Crippen LogP) is 1.64. The lowest BCUT2D eigenvalue weighted by Gasteiger charge is -2.13. The monoisotopic (exact) mass is 434 g/mol. The van der Waals surface area contributed by atoms with Gasteiger partial charge in [-0.1, -0.05) is 30.0 Å². The van der Waals surface area contributed by atoms with Crippen LogP contribution in [0.2, 0.25) is 0 Å². The van der Waals surface area contributed by atoms with E-state index >= 15 is 0 Å². The summed E-state index contributed by atoms with van der Waals surface area (Å²) < 4.78 is 6.93. The molecule has 2 N–H and O–H groups in total. The van der Waals surface area contributed by atoms with Crippen molar-refractivity contribution in [1.82, 2.24) is 14.3 Å². The number of thiocarbonyl (C=S) groups is 1. The fourth-order valence-corrected chi connectivity index (χ4v) is 4.18. The van der Waals surface area contributed by atoms with Crippen LogP contribution < -0.4 is 10.9 Å². The maximum Gasteiger partial charge on any atom is 0.267 e. The van der Waals surface area contributed by atoms with Crippen LogP contribution in [0.5, 0.6) is 0 Å². The fourth-order valence-electron chi connectivity index (χ4n) is 2.89. The molecule has 10 heteroatoms. The van der Waals surface area contributed by atoms with Crippen LogP contribution in [0.25, 0.3) is 11.7 Å². The van der Waals surface area contributed by atoms with Gasteiger partial charge in [0.1, 0.15) is 15.8 Å². The van der Waals surface area contributed by atoms with Crippen molar-refractivity contribution in [3.05, 3.63) is 44.7 Å². The van der Waals surface area contributed by atoms with Gasteiger partial charge in [0.15, 0.2) is 0 Å². The summed E-state index contributed by atoms with van der Waals surface area (Å²) in [6.07, 6.45) is 3.90. The van der Waals surface area contributed by atoms with Gasteiger partial charge in [-0.05, 0) is 31.1 Å². The quantitative estimate of drug-likeness (QED) is 0.368. The number of aromatic nitrogens is 2. The first-order valence-corrected chi connectivity index (χ1v) is 10.3. The van der Waals surface area contributed by atoms with Gasteiger partial charge < -0.3 is 15.2 Å². The highest BCUT2D eigenvalue weighted by molar-refractivity contribution is 8.26. The molecule has 0 saturated carbocycles. The first kappa shape index (κ1) is 21.4. The third-order valence-electron chi connectivity index (χ3n) is 4.29. The van der Waals surface area contributed by atoms with Gasteiger partial charge >= 0.3 is 0 Å². The number of ether oxygens (including phenoxy) is 1. The standard InChI is InChI=1S/C19H22N4O4S2/c1-12-4-5-15-21-16(20-6-8-24)13(17(25)23(15)11-12)10-14-18(26)22(19(28)29-14)7-3-9-27-2/h4-5,10-11,20,24H,3,6-9H2,1-2H3. The van der Waals surface area contributed by atoms with E-state index in [1.807, 2.05) is 13.0 Å². The number of amides is 1. The van der Waals surface area contributed by atoms with E-state index in [1.54, 1.807) is 19.4 Å². The van der Waals surface area contributed by atoms with E-state index in [4.69, 9.17) is 22.1 Å². The molecule has 0 unspecified atom stereocenters. The van der Waals surface area contributed by atoms with Crippen LogP contribution in [0.4, 0.5) is 5.82 Å². The van der Waals surface area contributed by atoms with Crippen molar-refractivity contribution in [1.29, 1.82) is 0 Å². The molecule has 1 aliphatic heterocycles. The second kappa shape index (κ2) is 9.49. The number of nitrogens with zero attached hydrogens (tertiary/aromatic N) is 3. The number of carbonyl (C=O) groups is 1. The summed E-state index contributed by atoms with van der Waals surface area (Å²) in [5, 5.41) is 12.1. The van der Waals surface area contributed by atoms with E-state index in [2.05, 4.69) is 10.3 Å². The SMILES string of the molecule is COCCCN1C(=O)C(=Cc2c(NCCO)nc3ccc(C)cn3c2=O)SC1=S. The molecule has 1 saturated heterocycles. The second-order valence-corrected chi connectivity index (χ2v) is 8.12. The molecule has 0 spiro atoms. The Morgan fingerprint density at radius 1 is 1.38 bits per heavy atom. The predicted molar refractivity (Wildman–Crippen MR) is 118 cm³/mol. The highest BCUT2D eigenvalue weighted by Crippen LogP contribution is 2.33. The van der Waals surface area contributed by atoms with Gasteiger partial charge in [-0.2, -0.15) is 0 Å². The van der Waals surface area contributed by atoms with Gasteiger partial charge in [-0.3, -0.25) is 18.9 Å². The molecule has 1 amide bonds. The van der Waals surface area contributed by atoms with Gasteiger partial charge in [0.05, 0.1) is 17.1 Å². The van der Waals surface area contributed by atoms with Crippen LogP contribution in [0, 0.1) is 6.92 Å². The number of methoxy groups -OCH3 is 1. The van der Waals surface area contributed by atoms with Crippen LogP contribution in [-0.2, 0) is 9.53 Å². The number of aryl methyl sites for hydroxylation is 1. The van der Waals surface area contributed by atoms with Crippen LogP contribution in [0.15, 0.2) is 28.0 Å². The summed E-state index contributed by atoms with van der Waals surface area (Å²) in [7, 11) is 1.60. The summed E-state index contributed by atoms with van der Waals surface area (Å²) >= 11 is 6.49. The molecule has 0 atom stereocenters. The highest BCUT2D eigenvalue weighted by Gasteiger charge is 2.32. The lowest BCUT2D eigenvalue weighted by molar-refractivity contribution is -0.122. The summed E-state index contributed by atoms with van der Waals surface area (Å²) in [6, 6.07) is 3.61. The smallest absolute Gasteiger partial charge is 0.267 e. The van der Waals surface area contributed by atoms with Gasteiger partial charge in [-0.15, -0.1) is 0 Å². The number of fused-ring (bicyclic) bond motifs is 1. The molecule has 1 aliphatic rings. The normalized spacial score (nSPS) is 15.7. The zero-order valence-corrected chi connectivity index (χ0v) is 17.8. The van der Waals surface area contributed by atoms with Gasteiger partial charge in [0.2, 0.25) is 0 Å². The van der Waals surface area contributed by atoms with Gasteiger partial charge in [0, 0.05) is 33.0 Å². The number of aliphatic hydroxyl groups is 1. The number of hydrogen-bond acceptors (Lipinski definition) is 8. The number of aliphatic hydroxyl groups excluding tert-OH is 1. The van der Waals surface area contributed by atoms with Crippen LogP contribution in [0.3, 0.4) is 0 Å². The summed E-state index contributed by atoms with van der Waals surface area (Å²) in [4.78, 5) is 32.3. The minimum atomic E-state index is -0.302. The van der Waals surface area contributed by atoms with Crippen LogP contribution in [-0.4, -0.2) is 63.0 Å². The Bertz CT molecular complexity index is 1030. The van der Waals surface area contributed by atoms with E-state index in [-0.39, 0.29) is 30.2 Å². The molecular formula is C19H22N4O4S2. The Morgan fingerprint density at radius 3 is 2.90 bits per heavy atom. The Balaban J connectivity index is 2.03. The minimum Gasteiger partial charge on any atom is -0.395 e. The molecule has 3 rings (SSSR count). The number of hydrogen-bond donors (Lipinski definition) is 2. The topological polar surface area (TPSA) is 96.2 Å². The van der Waals surface area contributed by atoms with Crippen molar-refractivity contribution < 1.29 is 14.6 Å². The van der Waals surface area contributed by atoms with Crippen molar-refractivity contribution in [2.75, 3.05) is 38.7 Å². The zero-order chi connectivity index (χ0) is 21.0. The Kier molecular flexibility index (Phi) is 7.01. The van der Waals surface area contributed by atoms with E-state index < -0.39 is 0 Å². The lowest BCUT2D eigenvalue weighted by Crippen LogP contribution is -2.29. The lowest BCUT2D eigenvalue weighted by atomic mass is 10.2. The van der Waals surface area contributed by atoms with E-state index in [0.717, 1.165) is 17.3 Å². The number of rotatable bonds is 8. The number of pyridine rings is 1. The molecule has 29 heavy (non-hydrogen) atoms. The first-order chi connectivity index (χ1) is 14.0. The van der Waals surface area contributed by atoms with Crippen molar-refractivity contribution in [2.24, 2.45) is 0 Å². The molecular weight excluding hydrogens is 412 g/mol. The van der Waals surface area contributed by atoms with E-state index in [9.17, 15) is 9.59 Å². The molecule has 0 bridgehead atoms. The molecule has 2 aromatic rings. The zero-order valence-electron chi connectivity index (χ0n) is 16.2. The van der Waals surface area contributed by atoms with Gasteiger partial charge in [-0.25, -0.2) is 4.98 Å². The minimum absolute atomic E-state index is 0.115. The molecule has 154 valence electrons. The summed E-state index contributed by atoms with van der Waals surface area (Å²) in [5.41, 5.74) is 1.33. The molecule has 3 heterocycles. The average molecular weight is 435 g/mol. The molecule has 0 aromatic carbocycles. The number of thioether (sulfide) groups is 1. The highest BCUT2D eigenvalue weighted by atomic mass is 32.2. The molecule has 0 radical (unpaired) electrons. The third kappa shape index (κ3) is 4.67. The fraction of sp³-hybridized carbons (Fsp3) is 0.368. The average Bonchev–Trinajstić information content (AvgIpc) is 2.97. The van der Waals surface area contributed by atoms with Crippen LogP contribution >= 0.6 is 24.0 Å². The summed E-state index contributed by atoms with van der Waals surface area (Å²) in [5.74, 6) is 0.0792. The third-order valence-corrected chi connectivity index (χ3v) is 5.67. The Hall–Kier alpha value is -2.27. The Labute approximate surface area is 177 Å². The van der Waals surface area contributed by atoms with Crippen molar-refractivity contribution >= 4 is 51.7 Å². The molecule has 8 nitrogen and oxygen atoms in total. The van der Waals surface area contributed by atoms with Crippen molar-refractivity contribution in [3.8, 4) is 0 Å². The Morgan fingerprint density at radius 2 is 2.17 bits per heavy atom.